The van der Waals surface area contributed by atoms with Gasteiger partial charge in [0.05, 0.1) is 5.92 Å². The summed E-state index contributed by atoms with van der Waals surface area (Å²) >= 11 is 0. The van der Waals surface area contributed by atoms with Crippen molar-refractivity contribution >= 4 is 5.97 Å². The molecule has 0 N–H and O–H groups in total. The van der Waals surface area contributed by atoms with Crippen molar-refractivity contribution in [2.45, 2.75) is 145 Å². The highest BCUT2D eigenvalue weighted by Gasteiger charge is 2.82. The summed E-state index contributed by atoms with van der Waals surface area (Å²) in [6.07, 6.45) is 17.3. The molecule has 5 aliphatic rings. The Kier molecular flexibility index (Phi) is 6.85. The Balaban J connectivity index is 1.31. The van der Waals surface area contributed by atoms with Gasteiger partial charge in [-0.2, -0.15) is 0 Å². The standard InChI is InChI=1S/C35H58O2/c1-10-23-18-27-28-19-24-16-17-34(20-23,35(27,28)21-24)33(8,9)37-30(36)26-14-12-25(13-15-26)29(31(3,4)5)22-32(6,7)11-2/h12,23-24,26-29H,10-11,13-22H2,1-9H3. The Morgan fingerprint density at radius 1 is 1.03 bits per heavy atom. The number of esters is 1. The van der Waals surface area contributed by atoms with E-state index in [4.69, 9.17) is 4.74 Å². The normalized spacial score (nSPS) is 40.0. The molecule has 8 unspecified atom stereocenters. The van der Waals surface area contributed by atoms with Crippen molar-refractivity contribution in [2.24, 2.45) is 57.2 Å². The van der Waals surface area contributed by atoms with Crippen molar-refractivity contribution in [2.75, 3.05) is 0 Å². The van der Waals surface area contributed by atoms with Crippen molar-refractivity contribution in [3.05, 3.63) is 11.6 Å². The van der Waals surface area contributed by atoms with Crippen LogP contribution in [0, 0.1) is 57.2 Å². The first-order valence-corrected chi connectivity index (χ1v) is 16.1. The Morgan fingerprint density at radius 3 is 2.32 bits per heavy atom. The Labute approximate surface area is 229 Å². The van der Waals surface area contributed by atoms with Crippen LogP contribution >= 0.6 is 0 Å². The van der Waals surface area contributed by atoms with Crippen LogP contribution in [-0.2, 0) is 9.53 Å². The maximum atomic E-state index is 13.8. The van der Waals surface area contributed by atoms with Gasteiger partial charge in [-0.1, -0.05) is 73.0 Å². The molecule has 0 radical (unpaired) electrons. The summed E-state index contributed by atoms with van der Waals surface area (Å²) < 4.78 is 6.72. The predicted octanol–water partition coefficient (Wildman–Crippen LogP) is 9.77. The number of carbonyl (C=O) groups excluding carboxylic acids is 1. The number of hydrogen-bond donors (Lipinski definition) is 0. The second-order valence-electron chi connectivity index (χ2n) is 16.7. The molecule has 0 amide bonds. The third-order valence-electron chi connectivity index (χ3n) is 13.1. The van der Waals surface area contributed by atoms with Crippen molar-refractivity contribution < 1.29 is 9.53 Å². The smallest absolute Gasteiger partial charge is 0.309 e. The summed E-state index contributed by atoms with van der Waals surface area (Å²) in [6.45, 7) is 21.4. The van der Waals surface area contributed by atoms with E-state index in [0.29, 0.717) is 16.7 Å². The predicted molar refractivity (Wildman–Crippen MR) is 154 cm³/mol. The Hall–Kier alpha value is -0.790. The summed E-state index contributed by atoms with van der Waals surface area (Å²) in [5.41, 5.74) is 2.54. The summed E-state index contributed by atoms with van der Waals surface area (Å²) in [6, 6.07) is 0. The zero-order chi connectivity index (χ0) is 27.0. The van der Waals surface area contributed by atoms with E-state index in [9.17, 15) is 4.79 Å². The van der Waals surface area contributed by atoms with Crippen LogP contribution in [0.2, 0.25) is 0 Å². The molecule has 1 spiro atoms. The lowest BCUT2D eigenvalue weighted by Crippen LogP contribution is -2.57. The average Bonchev–Trinajstić information content (AvgIpc) is 3.32. The quantitative estimate of drug-likeness (QED) is 0.240. The maximum absolute atomic E-state index is 13.8. The lowest BCUT2D eigenvalue weighted by molar-refractivity contribution is -0.201. The van der Waals surface area contributed by atoms with E-state index in [0.717, 1.165) is 42.9 Å². The van der Waals surface area contributed by atoms with E-state index in [2.05, 4.69) is 68.4 Å². The fraction of sp³-hybridized carbons (Fsp3) is 0.914. The molecular formula is C35H58O2. The van der Waals surface area contributed by atoms with Gasteiger partial charge in [0.1, 0.15) is 5.60 Å². The minimum Gasteiger partial charge on any atom is -0.459 e. The topological polar surface area (TPSA) is 26.3 Å². The van der Waals surface area contributed by atoms with Crippen LogP contribution in [0.5, 0.6) is 0 Å². The van der Waals surface area contributed by atoms with Crippen LogP contribution in [0.1, 0.15) is 139 Å². The summed E-state index contributed by atoms with van der Waals surface area (Å²) in [7, 11) is 0. The van der Waals surface area contributed by atoms with E-state index >= 15 is 0 Å². The number of allylic oxidation sites excluding steroid dienone is 2. The van der Waals surface area contributed by atoms with Crippen molar-refractivity contribution in [1.82, 2.24) is 0 Å². The minimum atomic E-state index is -0.358. The van der Waals surface area contributed by atoms with E-state index < -0.39 is 0 Å². The van der Waals surface area contributed by atoms with Crippen LogP contribution in [0.15, 0.2) is 11.6 Å². The van der Waals surface area contributed by atoms with Crippen LogP contribution in [-0.4, -0.2) is 11.6 Å². The van der Waals surface area contributed by atoms with Gasteiger partial charge in [0.2, 0.25) is 0 Å². The number of hydrogen-bond acceptors (Lipinski definition) is 2. The van der Waals surface area contributed by atoms with Gasteiger partial charge in [0.25, 0.3) is 0 Å². The number of carbonyl (C=O) groups is 1. The Bertz CT molecular complexity index is 918. The zero-order valence-electron chi connectivity index (χ0n) is 25.8. The molecule has 4 saturated carbocycles. The molecule has 5 rings (SSSR count). The molecule has 0 saturated heterocycles. The molecule has 4 fully saturated rings. The van der Waals surface area contributed by atoms with E-state index in [-0.39, 0.29) is 28.3 Å². The van der Waals surface area contributed by atoms with Gasteiger partial charge < -0.3 is 4.74 Å². The fourth-order valence-electron chi connectivity index (χ4n) is 10.5. The van der Waals surface area contributed by atoms with Crippen molar-refractivity contribution in [1.29, 1.82) is 0 Å². The molecule has 37 heavy (non-hydrogen) atoms. The molecule has 2 bridgehead atoms. The highest BCUT2D eigenvalue weighted by atomic mass is 16.6. The van der Waals surface area contributed by atoms with Crippen LogP contribution < -0.4 is 0 Å². The van der Waals surface area contributed by atoms with E-state index in [1.54, 1.807) is 5.57 Å². The average molecular weight is 511 g/mol. The molecule has 5 aliphatic carbocycles. The number of fused-ring (bicyclic) bond motifs is 2. The summed E-state index contributed by atoms with van der Waals surface area (Å²) in [4.78, 5) is 13.8. The molecular weight excluding hydrogens is 452 g/mol. The van der Waals surface area contributed by atoms with Gasteiger partial charge in [-0.15, -0.1) is 0 Å². The van der Waals surface area contributed by atoms with Gasteiger partial charge in [0, 0.05) is 5.41 Å². The first-order chi connectivity index (χ1) is 17.2. The van der Waals surface area contributed by atoms with Gasteiger partial charge in [-0.05, 0) is 124 Å². The molecule has 0 aliphatic heterocycles. The molecule has 0 aromatic carbocycles. The van der Waals surface area contributed by atoms with Crippen LogP contribution in [0.4, 0.5) is 0 Å². The van der Waals surface area contributed by atoms with E-state index in [1.165, 1.54) is 57.8 Å². The first-order valence-electron chi connectivity index (χ1n) is 16.1. The van der Waals surface area contributed by atoms with E-state index in [1.807, 2.05) is 0 Å². The van der Waals surface area contributed by atoms with Crippen molar-refractivity contribution in [3.8, 4) is 0 Å². The molecule has 210 valence electrons. The molecule has 0 aromatic heterocycles. The molecule has 2 heteroatoms. The zero-order valence-corrected chi connectivity index (χ0v) is 25.8. The minimum absolute atomic E-state index is 0.0352. The highest BCUT2D eigenvalue weighted by Crippen LogP contribution is 2.87. The molecule has 0 heterocycles. The third kappa shape index (κ3) is 4.38. The second kappa shape index (κ2) is 9.12. The lowest BCUT2D eigenvalue weighted by Gasteiger charge is -2.58. The number of ether oxygens (including phenoxy) is 1. The maximum Gasteiger partial charge on any atom is 0.309 e. The largest absolute Gasteiger partial charge is 0.459 e. The third-order valence-corrected chi connectivity index (χ3v) is 13.1. The van der Waals surface area contributed by atoms with Crippen LogP contribution in [0.25, 0.3) is 0 Å². The second-order valence-corrected chi connectivity index (χ2v) is 16.7. The van der Waals surface area contributed by atoms with Gasteiger partial charge in [-0.25, -0.2) is 0 Å². The van der Waals surface area contributed by atoms with Gasteiger partial charge >= 0.3 is 5.97 Å². The molecule has 0 aromatic rings. The lowest BCUT2D eigenvalue weighted by atomic mass is 9.49. The Morgan fingerprint density at radius 2 is 1.73 bits per heavy atom. The SMILES string of the molecule is CCC1CC2C3CC4CCC(C(C)(C)OC(=O)C5CC=C(C(CC(C)(C)CC)C(C)(C)C)CC5)(C1)C32C4. The fourth-order valence-corrected chi connectivity index (χ4v) is 10.5. The van der Waals surface area contributed by atoms with Gasteiger partial charge in [-0.3, -0.25) is 4.79 Å². The van der Waals surface area contributed by atoms with Crippen LogP contribution in [0.3, 0.4) is 0 Å². The van der Waals surface area contributed by atoms with Gasteiger partial charge in [0.15, 0.2) is 0 Å². The highest BCUT2D eigenvalue weighted by molar-refractivity contribution is 5.73. The summed E-state index contributed by atoms with van der Waals surface area (Å²) in [5, 5.41) is 0. The first kappa shape index (κ1) is 27.8. The molecule has 2 nitrogen and oxygen atoms in total. The monoisotopic (exact) mass is 510 g/mol. The number of rotatable bonds is 8. The molecule has 8 atom stereocenters. The summed E-state index contributed by atoms with van der Waals surface area (Å²) in [5.74, 6) is 4.34. The van der Waals surface area contributed by atoms with Crippen molar-refractivity contribution in [3.63, 3.8) is 0 Å².